The average molecular weight is 261 g/mol. The summed E-state index contributed by atoms with van der Waals surface area (Å²) in [6.45, 7) is 0.473. The fraction of sp³-hybridized carbons (Fsp3) is 0.111. The van der Waals surface area contributed by atoms with Crippen LogP contribution in [0.1, 0.15) is 4.88 Å². The molecule has 6 heteroatoms. The van der Waals surface area contributed by atoms with E-state index in [9.17, 15) is 4.79 Å². The Balaban J connectivity index is 2.38. The first-order valence-corrected chi connectivity index (χ1v) is 5.75. The Morgan fingerprint density at radius 1 is 1.47 bits per heavy atom. The minimum atomic E-state index is -0.315. The molecule has 0 atom stereocenters. The van der Waals surface area contributed by atoms with Crippen molar-refractivity contribution in [2.75, 3.05) is 0 Å². The average Bonchev–Trinajstić information content (AvgIpc) is 2.72. The Labute approximate surface area is 99.9 Å². The molecule has 0 radical (unpaired) electrons. The summed E-state index contributed by atoms with van der Waals surface area (Å²) >= 11 is 12.9. The first-order valence-electron chi connectivity index (χ1n) is 4.11. The summed E-state index contributed by atoms with van der Waals surface area (Å²) in [6.07, 6.45) is 1.40. The van der Waals surface area contributed by atoms with Crippen molar-refractivity contribution < 1.29 is 0 Å². The van der Waals surface area contributed by atoms with Gasteiger partial charge >= 0.3 is 0 Å². The van der Waals surface area contributed by atoms with Crippen LogP contribution in [0, 0.1) is 0 Å². The Morgan fingerprint density at radius 3 is 2.93 bits per heavy atom. The highest BCUT2D eigenvalue weighted by Crippen LogP contribution is 2.14. The summed E-state index contributed by atoms with van der Waals surface area (Å²) < 4.78 is 1.43. The first-order chi connectivity index (χ1) is 7.18. The van der Waals surface area contributed by atoms with Gasteiger partial charge in [-0.1, -0.05) is 29.3 Å². The van der Waals surface area contributed by atoms with Crippen molar-refractivity contribution >= 4 is 34.5 Å². The predicted octanol–water partition coefficient (Wildman–Crippen LogP) is 2.66. The topological polar surface area (TPSA) is 34.9 Å². The van der Waals surface area contributed by atoms with Gasteiger partial charge in [-0.05, 0) is 11.4 Å². The van der Waals surface area contributed by atoms with Crippen LogP contribution < -0.4 is 5.56 Å². The maximum absolute atomic E-state index is 11.6. The fourth-order valence-electron chi connectivity index (χ4n) is 1.13. The molecule has 2 heterocycles. The molecule has 0 spiro atoms. The standard InChI is InChI=1S/C9H6Cl2N2OS/c10-7-8(11)12-5-13(9(7)14)4-6-2-1-3-15-6/h1-3,5H,4H2. The van der Waals surface area contributed by atoms with Gasteiger partial charge in [-0.3, -0.25) is 9.36 Å². The van der Waals surface area contributed by atoms with Crippen molar-refractivity contribution in [1.29, 1.82) is 0 Å². The molecule has 78 valence electrons. The second kappa shape index (κ2) is 4.35. The van der Waals surface area contributed by atoms with E-state index in [1.807, 2.05) is 17.5 Å². The lowest BCUT2D eigenvalue weighted by Crippen LogP contribution is -2.21. The largest absolute Gasteiger partial charge is 0.293 e. The number of thiophene rings is 1. The molecule has 0 N–H and O–H groups in total. The minimum absolute atomic E-state index is 0.0317. The van der Waals surface area contributed by atoms with E-state index in [1.165, 1.54) is 10.9 Å². The number of halogens is 2. The normalized spacial score (nSPS) is 10.5. The second-order valence-corrected chi connectivity index (χ2v) is 4.63. The zero-order chi connectivity index (χ0) is 10.8. The maximum Gasteiger partial charge on any atom is 0.274 e. The lowest BCUT2D eigenvalue weighted by Gasteiger charge is -2.03. The summed E-state index contributed by atoms with van der Waals surface area (Å²) in [5.41, 5.74) is -0.315. The molecule has 15 heavy (non-hydrogen) atoms. The third-order valence-electron chi connectivity index (χ3n) is 1.85. The van der Waals surface area contributed by atoms with Gasteiger partial charge in [0.15, 0.2) is 5.15 Å². The lowest BCUT2D eigenvalue weighted by atomic mass is 10.4. The highest BCUT2D eigenvalue weighted by Gasteiger charge is 2.07. The van der Waals surface area contributed by atoms with Crippen LogP contribution in [-0.2, 0) is 6.54 Å². The maximum atomic E-state index is 11.6. The summed E-state index contributed by atoms with van der Waals surface area (Å²) in [4.78, 5) is 16.5. The van der Waals surface area contributed by atoms with Gasteiger partial charge in [0, 0.05) is 4.88 Å². The molecule has 2 rings (SSSR count). The molecule has 0 saturated heterocycles. The van der Waals surface area contributed by atoms with Crippen LogP contribution in [0.3, 0.4) is 0 Å². The van der Waals surface area contributed by atoms with Crippen LogP contribution in [0.2, 0.25) is 10.2 Å². The van der Waals surface area contributed by atoms with Crippen LogP contribution in [-0.4, -0.2) is 9.55 Å². The molecular formula is C9H6Cl2N2OS. The van der Waals surface area contributed by atoms with Gasteiger partial charge in [0.25, 0.3) is 5.56 Å². The van der Waals surface area contributed by atoms with Gasteiger partial charge < -0.3 is 0 Å². The van der Waals surface area contributed by atoms with E-state index in [0.717, 1.165) is 4.88 Å². The Kier molecular flexibility index (Phi) is 3.09. The number of hydrogen-bond acceptors (Lipinski definition) is 3. The highest BCUT2D eigenvalue weighted by atomic mass is 35.5. The van der Waals surface area contributed by atoms with Crippen molar-refractivity contribution in [3.63, 3.8) is 0 Å². The molecule has 0 aliphatic carbocycles. The monoisotopic (exact) mass is 260 g/mol. The molecule has 0 aromatic carbocycles. The van der Waals surface area contributed by atoms with Gasteiger partial charge in [-0.2, -0.15) is 0 Å². The molecule has 3 nitrogen and oxygen atoms in total. The van der Waals surface area contributed by atoms with E-state index >= 15 is 0 Å². The predicted molar refractivity (Wildman–Crippen MR) is 61.9 cm³/mol. The molecule has 0 fully saturated rings. The summed E-state index contributed by atoms with van der Waals surface area (Å²) in [6, 6.07) is 3.87. The molecule has 0 bridgehead atoms. The van der Waals surface area contributed by atoms with Crippen molar-refractivity contribution in [1.82, 2.24) is 9.55 Å². The van der Waals surface area contributed by atoms with Gasteiger partial charge in [-0.25, -0.2) is 4.98 Å². The molecular weight excluding hydrogens is 255 g/mol. The molecule has 2 aromatic heterocycles. The summed E-state index contributed by atoms with van der Waals surface area (Å²) in [5, 5.41) is 1.96. The molecule has 0 saturated carbocycles. The number of nitrogens with zero attached hydrogens (tertiary/aromatic N) is 2. The van der Waals surface area contributed by atoms with Gasteiger partial charge in [0.05, 0.1) is 12.9 Å². The molecule has 0 unspecified atom stereocenters. The van der Waals surface area contributed by atoms with E-state index < -0.39 is 0 Å². The quantitative estimate of drug-likeness (QED) is 0.779. The molecule has 0 aliphatic heterocycles. The van der Waals surface area contributed by atoms with Crippen molar-refractivity contribution in [2.45, 2.75) is 6.54 Å². The van der Waals surface area contributed by atoms with Gasteiger partial charge in [-0.15, -0.1) is 11.3 Å². The first kappa shape index (κ1) is 10.7. The van der Waals surface area contributed by atoms with Crippen LogP contribution in [0.4, 0.5) is 0 Å². The lowest BCUT2D eigenvalue weighted by molar-refractivity contribution is 0.745. The third-order valence-corrected chi connectivity index (χ3v) is 3.43. The van der Waals surface area contributed by atoms with Crippen molar-refractivity contribution in [3.05, 3.63) is 49.2 Å². The van der Waals surface area contributed by atoms with E-state index in [4.69, 9.17) is 23.2 Å². The summed E-state index contributed by atoms with van der Waals surface area (Å²) in [7, 11) is 0. The Bertz CT molecular complexity index is 521. The molecule has 0 aliphatic rings. The molecule has 0 amide bonds. The summed E-state index contributed by atoms with van der Waals surface area (Å²) in [5.74, 6) is 0. The second-order valence-electron chi connectivity index (χ2n) is 2.86. The van der Waals surface area contributed by atoms with Crippen molar-refractivity contribution in [3.8, 4) is 0 Å². The van der Waals surface area contributed by atoms with Gasteiger partial charge in [0.1, 0.15) is 5.02 Å². The van der Waals surface area contributed by atoms with E-state index in [2.05, 4.69) is 4.98 Å². The van der Waals surface area contributed by atoms with Gasteiger partial charge in [0.2, 0.25) is 0 Å². The van der Waals surface area contributed by atoms with Crippen LogP contribution in [0.15, 0.2) is 28.6 Å². The molecule has 2 aromatic rings. The van der Waals surface area contributed by atoms with E-state index in [1.54, 1.807) is 11.3 Å². The minimum Gasteiger partial charge on any atom is -0.293 e. The van der Waals surface area contributed by atoms with Crippen LogP contribution in [0.5, 0.6) is 0 Å². The number of hydrogen-bond donors (Lipinski definition) is 0. The zero-order valence-electron chi connectivity index (χ0n) is 7.48. The van der Waals surface area contributed by atoms with E-state index in [0.29, 0.717) is 6.54 Å². The third kappa shape index (κ3) is 2.22. The van der Waals surface area contributed by atoms with Crippen molar-refractivity contribution in [2.24, 2.45) is 0 Å². The fourth-order valence-corrected chi connectivity index (χ4v) is 2.11. The van der Waals surface area contributed by atoms with E-state index in [-0.39, 0.29) is 15.7 Å². The smallest absolute Gasteiger partial charge is 0.274 e. The Morgan fingerprint density at radius 2 is 2.27 bits per heavy atom. The van der Waals surface area contributed by atoms with Crippen LogP contribution >= 0.6 is 34.5 Å². The van der Waals surface area contributed by atoms with Crippen LogP contribution in [0.25, 0.3) is 0 Å². The SMILES string of the molecule is O=c1c(Cl)c(Cl)ncn1Cc1cccs1. The zero-order valence-corrected chi connectivity index (χ0v) is 9.81. The Hall–Kier alpha value is -0.840. The number of aromatic nitrogens is 2. The highest BCUT2D eigenvalue weighted by molar-refractivity contribution is 7.09. The number of rotatable bonds is 2.